The van der Waals surface area contributed by atoms with E-state index in [1.165, 1.54) is 0 Å². The number of rotatable bonds is 7. The molecule has 0 saturated heterocycles. The van der Waals surface area contributed by atoms with Crippen molar-refractivity contribution < 1.29 is 28.7 Å². The van der Waals surface area contributed by atoms with E-state index in [1.54, 1.807) is 14.2 Å². The van der Waals surface area contributed by atoms with E-state index < -0.39 is 7.82 Å². The standard InChI is InChI=1S/C17H25N3O2.H3O4P/c1-11-7-9-19-16-13(20-12(2)6-5-8-18)10-14(21-3)17(22-4)15(11)16;1-5(2,3)4/h7,9-10,12,20H,5-6,8,18H2,1-4H3;(H3,1,2,3,4). The number of nitrogens with zero attached hydrogens (tertiary/aromatic N) is 1. The molecule has 9 nitrogen and oxygen atoms in total. The van der Waals surface area contributed by atoms with Crippen LogP contribution in [-0.4, -0.2) is 46.5 Å². The van der Waals surface area contributed by atoms with Crippen LogP contribution in [0, 0.1) is 6.92 Å². The smallest absolute Gasteiger partial charge is 0.466 e. The van der Waals surface area contributed by atoms with Crippen LogP contribution in [-0.2, 0) is 4.57 Å². The average Bonchev–Trinajstić information content (AvgIpc) is 2.58. The second-order valence-corrected chi connectivity index (χ2v) is 7.03. The number of fused-ring (bicyclic) bond motifs is 1. The summed E-state index contributed by atoms with van der Waals surface area (Å²) in [4.78, 5) is 26.1. The average molecular weight is 401 g/mol. The van der Waals surface area contributed by atoms with Crippen LogP contribution in [0.4, 0.5) is 5.69 Å². The van der Waals surface area contributed by atoms with Gasteiger partial charge in [0.15, 0.2) is 11.5 Å². The maximum Gasteiger partial charge on any atom is 0.466 e. The number of methoxy groups -OCH3 is 2. The van der Waals surface area contributed by atoms with Crippen molar-refractivity contribution in [2.75, 3.05) is 26.1 Å². The summed E-state index contributed by atoms with van der Waals surface area (Å²) in [6.07, 6.45) is 3.82. The predicted molar refractivity (Wildman–Crippen MR) is 105 cm³/mol. The summed E-state index contributed by atoms with van der Waals surface area (Å²) >= 11 is 0. The molecular formula is C17H28N3O6P. The summed E-state index contributed by atoms with van der Waals surface area (Å²) in [5, 5.41) is 4.50. The Kier molecular flexibility index (Phi) is 8.95. The van der Waals surface area contributed by atoms with E-state index in [4.69, 9.17) is 34.5 Å². The van der Waals surface area contributed by atoms with E-state index in [0.29, 0.717) is 18.3 Å². The van der Waals surface area contributed by atoms with Crippen molar-refractivity contribution in [3.8, 4) is 11.5 Å². The van der Waals surface area contributed by atoms with Gasteiger partial charge < -0.3 is 35.2 Å². The van der Waals surface area contributed by atoms with Gasteiger partial charge in [0.1, 0.15) is 0 Å². The minimum Gasteiger partial charge on any atom is -0.493 e. The second kappa shape index (κ2) is 10.4. The van der Waals surface area contributed by atoms with Crippen LogP contribution < -0.4 is 20.5 Å². The molecule has 1 aromatic heterocycles. The third-order valence-corrected chi connectivity index (χ3v) is 3.81. The van der Waals surface area contributed by atoms with Crippen molar-refractivity contribution in [3.05, 3.63) is 23.9 Å². The van der Waals surface area contributed by atoms with E-state index in [9.17, 15) is 0 Å². The van der Waals surface area contributed by atoms with Crippen LogP contribution >= 0.6 is 7.82 Å². The molecular weight excluding hydrogens is 373 g/mol. The second-order valence-electron chi connectivity index (χ2n) is 6.00. The quantitative estimate of drug-likeness (QED) is 0.440. The van der Waals surface area contributed by atoms with Crippen LogP contribution in [0.1, 0.15) is 25.3 Å². The number of nitrogens with two attached hydrogens (primary N) is 1. The Balaban J connectivity index is 0.000000646. The molecule has 0 aliphatic heterocycles. The van der Waals surface area contributed by atoms with Crippen molar-refractivity contribution in [2.45, 2.75) is 32.7 Å². The SMILES string of the molecule is COc1cc(NC(C)CCCN)c2nccc(C)c2c1OC.O=P(O)(O)O. The van der Waals surface area contributed by atoms with Crippen LogP contribution in [0.25, 0.3) is 10.9 Å². The van der Waals surface area contributed by atoms with E-state index in [1.807, 2.05) is 25.3 Å². The molecule has 0 amide bonds. The van der Waals surface area contributed by atoms with E-state index in [0.717, 1.165) is 40.7 Å². The molecule has 1 aromatic carbocycles. The molecule has 0 aliphatic rings. The monoisotopic (exact) mass is 401 g/mol. The molecule has 27 heavy (non-hydrogen) atoms. The summed E-state index contributed by atoms with van der Waals surface area (Å²) in [7, 11) is -1.34. The van der Waals surface area contributed by atoms with Gasteiger partial charge in [0.2, 0.25) is 0 Å². The Morgan fingerprint density at radius 1 is 1.30 bits per heavy atom. The Bertz CT molecular complexity index is 788. The summed E-state index contributed by atoms with van der Waals surface area (Å²) in [5.74, 6) is 1.43. The maximum atomic E-state index is 8.88. The van der Waals surface area contributed by atoms with Crippen LogP contribution in [0.15, 0.2) is 18.3 Å². The van der Waals surface area contributed by atoms with Gasteiger partial charge in [-0.3, -0.25) is 4.98 Å². The lowest BCUT2D eigenvalue weighted by molar-refractivity contribution is 0.275. The largest absolute Gasteiger partial charge is 0.493 e. The highest BCUT2D eigenvalue weighted by Crippen LogP contribution is 2.41. The molecule has 1 atom stereocenters. The molecule has 0 bridgehead atoms. The molecule has 2 aromatic rings. The zero-order valence-electron chi connectivity index (χ0n) is 16.0. The lowest BCUT2D eigenvalue weighted by atomic mass is 10.1. The first kappa shape index (κ1) is 23.1. The van der Waals surface area contributed by atoms with Crippen LogP contribution in [0.5, 0.6) is 11.5 Å². The van der Waals surface area contributed by atoms with Gasteiger partial charge in [-0.25, -0.2) is 4.57 Å². The topological polar surface area (TPSA) is 147 Å². The van der Waals surface area contributed by atoms with E-state index >= 15 is 0 Å². The summed E-state index contributed by atoms with van der Waals surface area (Å²) in [6.45, 7) is 4.90. The maximum absolute atomic E-state index is 8.88. The Morgan fingerprint density at radius 3 is 2.44 bits per heavy atom. The highest BCUT2D eigenvalue weighted by atomic mass is 31.2. The number of ether oxygens (including phenoxy) is 2. The van der Waals surface area contributed by atoms with Gasteiger partial charge in [-0.15, -0.1) is 0 Å². The van der Waals surface area contributed by atoms with Crippen molar-refractivity contribution in [1.82, 2.24) is 4.98 Å². The highest BCUT2D eigenvalue weighted by molar-refractivity contribution is 7.45. The predicted octanol–water partition coefficient (Wildman–Crippen LogP) is 2.17. The fourth-order valence-electron chi connectivity index (χ4n) is 2.66. The first-order valence-corrected chi connectivity index (χ1v) is 9.94. The normalized spacial score (nSPS) is 12.1. The number of aromatic nitrogens is 1. The van der Waals surface area contributed by atoms with Crippen molar-refractivity contribution in [1.29, 1.82) is 0 Å². The molecule has 0 radical (unpaired) electrons. The zero-order chi connectivity index (χ0) is 20.6. The Morgan fingerprint density at radius 2 is 1.93 bits per heavy atom. The molecule has 0 fully saturated rings. The highest BCUT2D eigenvalue weighted by Gasteiger charge is 2.17. The number of aryl methyl sites for hydroxylation is 1. The minimum atomic E-state index is -4.64. The number of phosphoric acid groups is 1. The molecule has 6 N–H and O–H groups in total. The van der Waals surface area contributed by atoms with Gasteiger partial charge in [-0.2, -0.15) is 0 Å². The molecule has 1 heterocycles. The molecule has 0 spiro atoms. The Hall–Kier alpha value is -1.90. The third-order valence-electron chi connectivity index (χ3n) is 3.81. The van der Waals surface area contributed by atoms with Crippen LogP contribution in [0.2, 0.25) is 0 Å². The van der Waals surface area contributed by atoms with Crippen molar-refractivity contribution in [3.63, 3.8) is 0 Å². The minimum absolute atomic E-state index is 0.312. The Labute approximate surface area is 158 Å². The molecule has 1 unspecified atom stereocenters. The number of pyridine rings is 1. The van der Waals surface area contributed by atoms with E-state index in [2.05, 4.69) is 17.2 Å². The first-order chi connectivity index (χ1) is 12.6. The van der Waals surface area contributed by atoms with Crippen LogP contribution in [0.3, 0.4) is 0 Å². The lowest BCUT2D eigenvalue weighted by Crippen LogP contribution is -2.17. The van der Waals surface area contributed by atoms with Gasteiger partial charge in [0, 0.05) is 18.3 Å². The zero-order valence-corrected chi connectivity index (χ0v) is 16.9. The number of hydrogen-bond acceptors (Lipinski definition) is 6. The number of nitrogens with one attached hydrogen (secondary N) is 1. The van der Waals surface area contributed by atoms with Gasteiger partial charge in [0.05, 0.1) is 30.8 Å². The summed E-state index contributed by atoms with van der Waals surface area (Å²) in [6, 6.07) is 4.24. The van der Waals surface area contributed by atoms with Gasteiger partial charge in [-0.05, 0) is 44.9 Å². The number of benzene rings is 1. The van der Waals surface area contributed by atoms with E-state index in [-0.39, 0.29) is 0 Å². The fraction of sp³-hybridized carbons (Fsp3) is 0.471. The third kappa shape index (κ3) is 7.32. The summed E-state index contributed by atoms with van der Waals surface area (Å²) < 4.78 is 19.9. The molecule has 0 aliphatic carbocycles. The summed E-state index contributed by atoms with van der Waals surface area (Å²) in [5.41, 5.74) is 8.56. The van der Waals surface area contributed by atoms with Gasteiger partial charge in [0.25, 0.3) is 0 Å². The first-order valence-electron chi connectivity index (χ1n) is 8.37. The number of anilines is 1. The lowest BCUT2D eigenvalue weighted by Gasteiger charge is -2.19. The van der Waals surface area contributed by atoms with Gasteiger partial charge >= 0.3 is 7.82 Å². The van der Waals surface area contributed by atoms with Crippen molar-refractivity contribution >= 4 is 24.4 Å². The van der Waals surface area contributed by atoms with Gasteiger partial charge in [-0.1, -0.05) is 0 Å². The van der Waals surface area contributed by atoms with Crippen molar-refractivity contribution in [2.24, 2.45) is 5.73 Å². The molecule has 10 heteroatoms. The fourth-order valence-corrected chi connectivity index (χ4v) is 2.66. The molecule has 152 valence electrons. The number of hydrogen-bond donors (Lipinski definition) is 5. The molecule has 2 rings (SSSR count). The molecule has 0 saturated carbocycles.